The monoisotopic (exact) mass is 418 g/mol. The maximum absolute atomic E-state index is 14.5. The lowest BCUT2D eigenvalue weighted by atomic mass is 9.83. The van der Waals surface area contributed by atoms with Crippen LogP contribution in [-0.4, -0.2) is 33.0 Å². The third kappa shape index (κ3) is 4.37. The van der Waals surface area contributed by atoms with Gasteiger partial charge in [0.05, 0.1) is 31.5 Å². The molecule has 0 radical (unpaired) electrons. The van der Waals surface area contributed by atoms with Gasteiger partial charge in [0.25, 0.3) is 0 Å². The first-order chi connectivity index (χ1) is 13.9. The number of rotatable bonds is 5. The molecule has 0 aliphatic carbocycles. The molecule has 2 aromatic rings. The van der Waals surface area contributed by atoms with Gasteiger partial charge in [-0.25, -0.2) is 4.39 Å². The van der Waals surface area contributed by atoms with E-state index in [4.69, 9.17) is 18.9 Å². The van der Waals surface area contributed by atoms with Gasteiger partial charge in [0.2, 0.25) is 0 Å². The Morgan fingerprint density at radius 1 is 1.00 bits per heavy atom. The molecule has 0 spiro atoms. The van der Waals surface area contributed by atoms with Gasteiger partial charge in [0.1, 0.15) is 5.82 Å². The summed E-state index contributed by atoms with van der Waals surface area (Å²) in [4.78, 5) is 1.88. The van der Waals surface area contributed by atoms with Crippen LogP contribution in [0.3, 0.4) is 0 Å². The molecule has 0 N–H and O–H groups in total. The second-order valence-corrected chi connectivity index (χ2v) is 8.93. The van der Waals surface area contributed by atoms with E-state index in [9.17, 15) is 4.39 Å². The van der Waals surface area contributed by atoms with Crippen LogP contribution in [0.2, 0.25) is 0 Å². The largest absolute Gasteiger partial charge is 0.378 e. The molecule has 2 aliphatic heterocycles. The van der Waals surface area contributed by atoms with Gasteiger partial charge in [-0.05, 0) is 49.7 Å². The maximum atomic E-state index is 14.5. The minimum atomic E-state index is -0.681. The SMILES string of the molecule is COC1(c2cc(F)cc(Sc3ccc(C4(C)OCCO4)cc3)c2)CCOC(C)C1. The summed E-state index contributed by atoms with van der Waals surface area (Å²) >= 11 is 1.53. The lowest BCUT2D eigenvalue weighted by Crippen LogP contribution is -2.39. The first-order valence-electron chi connectivity index (χ1n) is 9.97. The normalized spacial score (nSPS) is 26.6. The summed E-state index contributed by atoms with van der Waals surface area (Å²) in [5.74, 6) is -0.933. The Morgan fingerprint density at radius 3 is 2.38 bits per heavy atom. The fourth-order valence-electron chi connectivity index (χ4n) is 4.14. The summed E-state index contributed by atoms with van der Waals surface area (Å²) in [5, 5.41) is 0. The van der Waals surface area contributed by atoms with E-state index in [1.54, 1.807) is 19.2 Å². The van der Waals surface area contributed by atoms with Gasteiger partial charge in [-0.15, -0.1) is 0 Å². The highest BCUT2D eigenvalue weighted by molar-refractivity contribution is 7.99. The molecule has 0 aromatic heterocycles. The lowest BCUT2D eigenvalue weighted by Gasteiger charge is -2.39. The van der Waals surface area contributed by atoms with Crippen molar-refractivity contribution in [3.8, 4) is 0 Å². The van der Waals surface area contributed by atoms with Crippen LogP contribution < -0.4 is 0 Å². The highest BCUT2D eigenvalue weighted by atomic mass is 32.2. The van der Waals surface area contributed by atoms with E-state index in [1.165, 1.54) is 11.8 Å². The Hall–Kier alpha value is -1.44. The summed E-state index contributed by atoms with van der Waals surface area (Å²) in [5.41, 5.74) is 1.34. The van der Waals surface area contributed by atoms with Gasteiger partial charge in [0, 0.05) is 35.3 Å². The molecule has 156 valence electrons. The van der Waals surface area contributed by atoms with E-state index >= 15 is 0 Å². The predicted molar refractivity (Wildman–Crippen MR) is 110 cm³/mol. The van der Waals surface area contributed by atoms with Crippen LogP contribution in [-0.2, 0) is 30.3 Å². The van der Waals surface area contributed by atoms with Gasteiger partial charge >= 0.3 is 0 Å². The Bertz CT molecular complexity index is 850. The summed E-state index contributed by atoms with van der Waals surface area (Å²) < 4.78 is 37.5. The summed E-state index contributed by atoms with van der Waals surface area (Å²) in [7, 11) is 1.70. The lowest BCUT2D eigenvalue weighted by molar-refractivity contribution is -0.149. The molecule has 2 heterocycles. The molecule has 4 nitrogen and oxygen atoms in total. The minimum absolute atomic E-state index is 0.0806. The quantitative estimate of drug-likeness (QED) is 0.664. The molecule has 2 aliphatic rings. The molecule has 2 unspecified atom stereocenters. The van der Waals surface area contributed by atoms with Crippen molar-refractivity contribution in [2.75, 3.05) is 26.9 Å². The van der Waals surface area contributed by atoms with Gasteiger partial charge in [-0.1, -0.05) is 23.9 Å². The predicted octanol–water partition coefficient (Wildman–Crippen LogP) is 5.24. The second-order valence-electron chi connectivity index (χ2n) is 7.78. The van der Waals surface area contributed by atoms with E-state index < -0.39 is 11.4 Å². The number of benzene rings is 2. The van der Waals surface area contributed by atoms with Crippen molar-refractivity contribution in [1.29, 1.82) is 0 Å². The highest BCUT2D eigenvalue weighted by Gasteiger charge is 2.38. The standard InChI is InChI=1S/C23H27FO4S/c1-16-15-23(25-3,8-9-26-16)18-12-19(24)14-21(13-18)29-20-6-4-17(5-7-20)22(2)27-10-11-28-22/h4-7,12-14,16H,8-11,15H2,1-3H3. The fraction of sp³-hybridized carbons (Fsp3) is 0.478. The Labute approximate surface area is 175 Å². The second kappa shape index (κ2) is 8.36. The van der Waals surface area contributed by atoms with E-state index in [2.05, 4.69) is 0 Å². The molecule has 0 bridgehead atoms. The molecule has 4 rings (SSSR count). The van der Waals surface area contributed by atoms with E-state index in [0.717, 1.165) is 20.9 Å². The molecule has 2 fully saturated rings. The molecule has 2 atom stereocenters. The van der Waals surface area contributed by atoms with Gasteiger partial charge in [-0.3, -0.25) is 0 Å². The number of hydrogen-bond donors (Lipinski definition) is 0. The Kier molecular flexibility index (Phi) is 6.00. The fourth-order valence-corrected chi connectivity index (χ4v) is 5.05. The van der Waals surface area contributed by atoms with E-state index in [-0.39, 0.29) is 11.9 Å². The van der Waals surface area contributed by atoms with Gasteiger partial charge in [-0.2, -0.15) is 0 Å². The van der Waals surface area contributed by atoms with Crippen LogP contribution >= 0.6 is 11.8 Å². The zero-order valence-electron chi connectivity index (χ0n) is 17.1. The van der Waals surface area contributed by atoms with Crippen molar-refractivity contribution in [1.82, 2.24) is 0 Å². The van der Waals surface area contributed by atoms with Crippen LogP contribution in [0.5, 0.6) is 0 Å². The Morgan fingerprint density at radius 2 is 1.72 bits per heavy atom. The zero-order valence-corrected chi connectivity index (χ0v) is 17.9. The number of ether oxygens (including phenoxy) is 4. The average Bonchev–Trinajstić information content (AvgIpc) is 3.15. The average molecular weight is 419 g/mol. The summed E-state index contributed by atoms with van der Waals surface area (Å²) in [6.45, 7) is 5.77. The van der Waals surface area contributed by atoms with Crippen LogP contribution in [0, 0.1) is 5.82 Å². The van der Waals surface area contributed by atoms with Crippen molar-refractivity contribution < 1.29 is 23.3 Å². The van der Waals surface area contributed by atoms with Crippen molar-refractivity contribution in [2.45, 2.75) is 54.0 Å². The highest BCUT2D eigenvalue weighted by Crippen LogP contribution is 2.41. The van der Waals surface area contributed by atoms with Gasteiger partial charge in [0.15, 0.2) is 5.79 Å². The molecule has 29 heavy (non-hydrogen) atoms. The molecule has 0 amide bonds. The summed E-state index contributed by atoms with van der Waals surface area (Å²) in [6, 6.07) is 13.2. The van der Waals surface area contributed by atoms with Gasteiger partial charge < -0.3 is 18.9 Å². The third-order valence-corrected chi connectivity index (χ3v) is 6.75. The molecule has 2 saturated heterocycles. The third-order valence-electron chi connectivity index (χ3n) is 5.77. The van der Waals surface area contributed by atoms with E-state index in [1.807, 2.05) is 44.2 Å². The van der Waals surface area contributed by atoms with Crippen LogP contribution in [0.15, 0.2) is 52.3 Å². The molecule has 6 heteroatoms. The molecular formula is C23H27FO4S. The first-order valence-corrected chi connectivity index (χ1v) is 10.8. The zero-order chi connectivity index (χ0) is 20.5. The van der Waals surface area contributed by atoms with Crippen molar-refractivity contribution in [2.24, 2.45) is 0 Å². The van der Waals surface area contributed by atoms with Crippen molar-refractivity contribution in [3.63, 3.8) is 0 Å². The minimum Gasteiger partial charge on any atom is -0.378 e. The molecule has 0 saturated carbocycles. The molecule has 2 aromatic carbocycles. The molecular weight excluding hydrogens is 391 g/mol. The smallest absolute Gasteiger partial charge is 0.192 e. The summed E-state index contributed by atoms with van der Waals surface area (Å²) in [6.07, 6.45) is 1.51. The number of methoxy groups -OCH3 is 1. The van der Waals surface area contributed by atoms with Crippen molar-refractivity contribution in [3.05, 3.63) is 59.4 Å². The first kappa shape index (κ1) is 20.8. The number of halogens is 1. The van der Waals surface area contributed by atoms with Crippen molar-refractivity contribution >= 4 is 11.8 Å². The number of hydrogen-bond acceptors (Lipinski definition) is 5. The van der Waals surface area contributed by atoms with Crippen LogP contribution in [0.25, 0.3) is 0 Å². The topological polar surface area (TPSA) is 36.9 Å². The van der Waals surface area contributed by atoms with Crippen LogP contribution in [0.1, 0.15) is 37.8 Å². The van der Waals surface area contributed by atoms with E-state index in [0.29, 0.717) is 32.7 Å². The maximum Gasteiger partial charge on any atom is 0.192 e. The Balaban J connectivity index is 1.56. The van der Waals surface area contributed by atoms with Crippen LogP contribution in [0.4, 0.5) is 4.39 Å².